The van der Waals surface area contributed by atoms with E-state index in [2.05, 4.69) is 22.1 Å². The van der Waals surface area contributed by atoms with Crippen LogP contribution < -0.4 is 11.1 Å². The lowest BCUT2D eigenvalue weighted by molar-refractivity contribution is -0.118. The standard InChI is InChI=1S/C21H17N3O/c22-21(25)20(24-19-12-14-23-15-13-19)18-10-8-17(9-11-18)7-6-16-4-2-1-3-5-16/h1-5,8-15,20H,(H2,22,25)(H,23,24). The normalized spacial score (nSPS) is 11.0. The Morgan fingerprint density at radius 3 is 2.08 bits per heavy atom. The number of nitrogens with one attached hydrogen (secondary N) is 1. The number of nitrogens with two attached hydrogens (primary N) is 1. The Labute approximate surface area is 146 Å². The molecule has 0 radical (unpaired) electrons. The second-order valence-electron chi connectivity index (χ2n) is 5.45. The fourth-order valence-electron chi connectivity index (χ4n) is 2.36. The summed E-state index contributed by atoms with van der Waals surface area (Å²) in [5.74, 6) is 5.77. The van der Waals surface area contributed by atoms with Gasteiger partial charge in [0.15, 0.2) is 0 Å². The van der Waals surface area contributed by atoms with Crippen molar-refractivity contribution < 1.29 is 4.79 Å². The lowest BCUT2D eigenvalue weighted by Crippen LogP contribution is -2.27. The first-order valence-electron chi connectivity index (χ1n) is 7.85. The molecule has 1 atom stereocenters. The zero-order chi connectivity index (χ0) is 17.5. The van der Waals surface area contributed by atoms with Gasteiger partial charge in [-0.15, -0.1) is 0 Å². The van der Waals surface area contributed by atoms with Crippen molar-refractivity contribution in [1.29, 1.82) is 0 Å². The van der Waals surface area contributed by atoms with Crippen molar-refractivity contribution in [1.82, 2.24) is 4.98 Å². The topological polar surface area (TPSA) is 68.0 Å². The minimum Gasteiger partial charge on any atom is -0.370 e. The number of anilines is 1. The highest BCUT2D eigenvalue weighted by Gasteiger charge is 2.17. The summed E-state index contributed by atoms with van der Waals surface area (Å²) >= 11 is 0. The van der Waals surface area contributed by atoms with Crippen LogP contribution in [0.4, 0.5) is 5.69 Å². The first-order valence-corrected chi connectivity index (χ1v) is 7.85. The number of pyridine rings is 1. The molecule has 0 bridgehead atoms. The fourth-order valence-corrected chi connectivity index (χ4v) is 2.36. The van der Waals surface area contributed by atoms with Crippen LogP contribution in [0.25, 0.3) is 0 Å². The van der Waals surface area contributed by atoms with Crippen molar-refractivity contribution in [3.05, 3.63) is 95.8 Å². The lowest BCUT2D eigenvalue weighted by atomic mass is 10.0. The van der Waals surface area contributed by atoms with Gasteiger partial charge in [0.2, 0.25) is 5.91 Å². The number of carbonyl (C=O) groups excluding carboxylic acids is 1. The number of carbonyl (C=O) groups is 1. The Balaban J connectivity index is 1.78. The second kappa shape index (κ2) is 7.80. The molecule has 0 aliphatic carbocycles. The molecule has 2 aromatic carbocycles. The van der Waals surface area contributed by atoms with E-state index in [1.165, 1.54) is 0 Å². The zero-order valence-electron chi connectivity index (χ0n) is 13.5. The van der Waals surface area contributed by atoms with E-state index in [0.717, 1.165) is 22.4 Å². The van der Waals surface area contributed by atoms with Gasteiger partial charge in [-0.05, 0) is 42.0 Å². The number of rotatable bonds is 4. The Morgan fingerprint density at radius 2 is 1.48 bits per heavy atom. The molecule has 1 amide bonds. The number of amides is 1. The van der Waals surface area contributed by atoms with Crippen molar-refractivity contribution in [3.63, 3.8) is 0 Å². The average Bonchev–Trinajstić information content (AvgIpc) is 2.66. The number of hydrogen-bond donors (Lipinski definition) is 2. The molecule has 25 heavy (non-hydrogen) atoms. The first-order chi connectivity index (χ1) is 12.2. The largest absolute Gasteiger partial charge is 0.370 e. The Kier molecular flexibility index (Phi) is 5.08. The van der Waals surface area contributed by atoms with Gasteiger partial charge in [0.05, 0.1) is 0 Å². The third kappa shape index (κ3) is 4.46. The maximum Gasteiger partial charge on any atom is 0.244 e. The number of primary amides is 1. The van der Waals surface area contributed by atoms with Crippen molar-refractivity contribution in [2.75, 3.05) is 5.32 Å². The maximum absolute atomic E-state index is 11.8. The lowest BCUT2D eigenvalue weighted by Gasteiger charge is -2.17. The maximum atomic E-state index is 11.8. The summed E-state index contributed by atoms with van der Waals surface area (Å²) in [6.07, 6.45) is 3.31. The number of benzene rings is 2. The van der Waals surface area contributed by atoms with Crippen LogP contribution in [-0.4, -0.2) is 10.9 Å². The minimum atomic E-state index is -0.612. The molecule has 4 heteroatoms. The molecule has 1 unspecified atom stereocenters. The summed E-state index contributed by atoms with van der Waals surface area (Å²) in [5.41, 5.74) is 8.95. The van der Waals surface area contributed by atoms with E-state index in [1.807, 2.05) is 54.6 Å². The third-order valence-electron chi connectivity index (χ3n) is 3.64. The fraction of sp³-hybridized carbons (Fsp3) is 0.0476. The molecule has 0 saturated carbocycles. The highest BCUT2D eigenvalue weighted by molar-refractivity contribution is 5.84. The van der Waals surface area contributed by atoms with Crippen LogP contribution in [0.3, 0.4) is 0 Å². The van der Waals surface area contributed by atoms with E-state index >= 15 is 0 Å². The van der Waals surface area contributed by atoms with Gasteiger partial charge in [-0.1, -0.05) is 42.2 Å². The Hall–Kier alpha value is -3.58. The van der Waals surface area contributed by atoms with Gasteiger partial charge in [-0.25, -0.2) is 0 Å². The molecular weight excluding hydrogens is 310 g/mol. The van der Waals surface area contributed by atoms with Gasteiger partial charge in [-0.3, -0.25) is 9.78 Å². The van der Waals surface area contributed by atoms with Crippen LogP contribution >= 0.6 is 0 Å². The molecule has 3 N–H and O–H groups in total. The van der Waals surface area contributed by atoms with Gasteiger partial charge in [-0.2, -0.15) is 0 Å². The van der Waals surface area contributed by atoms with Crippen LogP contribution in [0, 0.1) is 11.8 Å². The minimum absolute atomic E-state index is 0.445. The molecule has 0 aliphatic rings. The number of nitrogens with zero attached hydrogens (tertiary/aromatic N) is 1. The van der Waals surface area contributed by atoms with E-state index in [9.17, 15) is 4.79 Å². The van der Waals surface area contributed by atoms with Gasteiger partial charge in [0, 0.05) is 29.2 Å². The smallest absolute Gasteiger partial charge is 0.244 e. The summed E-state index contributed by atoms with van der Waals surface area (Å²) in [4.78, 5) is 15.8. The van der Waals surface area contributed by atoms with Crippen LogP contribution in [0.5, 0.6) is 0 Å². The highest BCUT2D eigenvalue weighted by atomic mass is 16.1. The van der Waals surface area contributed by atoms with E-state index in [0.29, 0.717) is 0 Å². The Morgan fingerprint density at radius 1 is 0.880 bits per heavy atom. The SMILES string of the molecule is NC(=O)C(Nc1ccncc1)c1ccc(C#Cc2ccccc2)cc1. The summed E-state index contributed by atoms with van der Waals surface area (Å²) in [7, 11) is 0. The number of aromatic nitrogens is 1. The predicted molar refractivity (Wildman–Crippen MR) is 98.7 cm³/mol. The van der Waals surface area contributed by atoms with Gasteiger partial charge < -0.3 is 11.1 Å². The monoisotopic (exact) mass is 327 g/mol. The quantitative estimate of drug-likeness (QED) is 0.724. The van der Waals surface area contributed by atoms with Gasteiger partial charge in [0.1, 0.15) is 6.04 Å². The molecule has 0 aliphatic heterocycles. The van der Waals surface area contributed by atoms with Crippen LogP contribution in [0.2, 0.25) is 0 Å². The van der Waals surface area contributed by atoms with Crippen molar-refractivity contribution >= 4 is 11.6 Å². The van der Waals surface area contributed by atoms with E-state index in [1.54, 1.807) is 24.5 Å². The van der Waals surface area contributed by atoms with Gasteiger partial charge in [0.25, 0.3) is 0 Å². The molecule has 122 valence electrons. The van der Waals surface area contributed by atoms with Crippen molar-refractivity contribution in [3.8, 4) is 11.8 Å². The average molecular weight is 327 g/mol. The van der Waals surface area contributed by atoms with E-state index in [4.69, 9.17) is 5.73 Å². The number of hydrogen-bond acceptors (Lipinski definition) is 3. The summed E-state index contributed by atoms with van der Waals surface area (Å²) in [6.45, 7) is 0. The molecule has 1 heterocycles. The molecule has 3 rings (SSSR count). The summed E-state index contributed by atoms with van der Waals surface area (Å²) in [5, 5.41) is 3.12. The van der Waals surface area contributed by atoms with E-state index in [-0.39, 0.29) is 0 Å². The summed E-state index contributed by atoms with van der Waals surface area (Å²) < 4.78 is 0. The van der Waals surface area contributed by atoms with Crippen LogP contribution in [-0.2, 0) is 4.79 Å². The zero-order valence-corrected chi connectivity index (χ0v) is 13.5. The Bertz CT molecular complexity index is 895. The van der Waals surface area contributed by atoms with Crippen LogP contribution in [0.1, 0.15) is 22.7 Å². The van der Waals surface area contributed by atoms with Gasteiger partial charge >= 0.3 is 0 Å². The summed E-state index contributed by atoms with van der Waals surface area (Å²) in [6, 6.07) is 20.2. The van der Waals surface area contributed by atoms with E-state index < -0.39 is 11.9 Å². The molecule has 3 aromatic rings. The molecular formula is C21H17N3O. The first kappa shape index (κ1) is 16.3. The highest BCUT2D eigenvalue weighted by Crippen LogP contribution is 2.19. The van der Waals surface area contributed by atoms with Crippen molar-refractivity contribution in [2.24, 2.45) is 5.73 Å². The predicted octanol–water partition coefficient (Wildman–Crippen LogP) is 3.12. The molecule has 0 saturated heterocycles. The molecule has 4 nitrogen and oxygen atoms in total. The van der Waals surface area contributed by atoms with Crippen molar-refractivity contribution in [2.45, 2.75) is 6.04 Å². The third-order valence-corrected chi connectivity index (χ3v) is 3.64. The second-order valence-corrected chi connectivity index (χ2v) is 5.45. The molecule has 0 spiro atoms. The molecule has 1 aromatic heterocycles. The molecule has 0 fully saturated rings. The van der Waals surface area contributed by atoms with Crippen LogP contribution in [0.15, 0.2) is 79.1 Å².